The highest BCUT2D eigenvalue weighted by Gasteiger charge is 2.15. The summed E-state index contributed by atoms with van der Waals surface area (Å²) in [4.78, 5) is 11.8. The maximum atomic E-state index is 11.8. The third-order valence-electron chi connectivity index (χ3n) is 3.66. The van der Waals surface area contributed by atoms with Crippen LogP contribution in [0, 0.1) is 5.92 Å². The van der Waals surface area contributed by atoms with Crippen LogP contribution in [0.1, 0.15) is 65.7 Å². The normalized spacial score (nSPS) is 19.6. The number of hydrogen-bond acceptors (Lipinski definition) is 2. The summed E-state index contributed by atoms with van der Waals surface area (Å²) in [7, 11) is 0. The second-order valence-corrected chi connectivity index (χ2v) is 6.17. The summed E-state index contributed by atoms with van der Waals surface area (Å²) in [6.07, 6.45) is 8.63. The van der Waals surface area contributed by atoms with Crippen LogP contribution in [0.3, 0.4) is 0 Å². The largest absolute Gasteiger partial charge is 0.352 e. The summed E-state index contributed by atoms with van der Waals surface area (Å²) < 4.78 is 0. The fraction of sp³-hybridized carbons (Fsp3) is 0.933. The molecule has 0 heterocycles. The highest BCUT2D eigenvalue weighted by molar-refractivity contribution is 5.78. The predicted octanol–water partition coefficient (Wildman–Crippen LogP) is 2.85. The Morgan fingerprint density at radius 1 is 1.11 bits per heavy atom. The zero-order valence-electron chi connectivity index (χ0n) is 12.3. The Balaban J connectivity index is 2.16. The van der Waals surface area contributed by atoms with E-state index in [1.165, 1.54) is 25.7 Å². The monoisotopic (exact) mass is 254 g/mol. The van der Waals surface area contributed by atoms with Crippen molar-refractivity contribution in [2.24, 2.45) is 5.92 Å². The molecule has 1 rings (SSSR count). The molecule has 1 amide bonds. The van der Waals surface area contributed by atoms with E-state index in [4.69, 9.17) is 0 Å². The zero-order valence-corrected chi connectivity index (χ0v) is 12.3. The molecule has 106 valence electrons. The summed E-state index contributed by atoms with van der Waals surface area (Å²) in [5.74, 6) is 0.843. The number of carbonyl (C=O) groups excluding carboxylic acids is 1. The van der Waals surface area contributed by atoms with Crippen molar-refractivity contribution in [3.63, 3.8) is 0 Å². The van der Waals surface area contributed by atoms with Crippen LogP contribution in [0.2, 0.25) is 0 Å². The molecule has 18 heavy (non-hydrogen) atoms. The van der Waals surface area contributed by atoms with Crippen LogP contribution in [0.25, 0.3) is 0 Å². The van der Waals surface area contributed by atoms with Crippen LogP contribution >= 0.6 is 0 Å². The maximum absolute atomic E-state index is 11.8. The fourth-order valence-corrected chi connectivity index (χ4v) is 2.76. The highest BCUT2D eigenvalue weighted by atomic mass is 16.1. The van der Waals surface area contributed by atoms with E-state index in [2.05, 4.69) is 31.4 Å². The lowest BCUT2D eigenvalue weighted by Crippen LogP contribution is -2.42. The second kappa shape index (κ2) is 8.52. The molecule has 1 aliphatic rings. The number of hydrogen-bond donors (Lipinski definition) is 2. The molecule has 0 radical (unpaired) electrons. The van der Waals surface area contributed by atoms with Gasteiger partial charge in [-0.05, 0) is 32.1 Å². The van der Waals surface area contributed by atoms with Gasteiger partial charge in [0.2, 0.25) is 5.91 Å². The van der Waals surface area contributed by atoms with Gasteiger partial charge in [0.05, 0.1) is 6.54 Å². The molecule has 0 saturated heterocycles. The quantitative estimate of drug-likeness (QED) is 0.716. The Bertz CT molecular complexity index is 233. The molecule has 1 fully saturated rings. The summed E-state index contributed by atoms with van der Waals surface area (Å²) in [5, 5.41) is 6.47. The summed E-state index contributed by atoms with van der Waals surface area (Å²) >= 11 is 0. The van der Waals surface area contributed by atoms with Gasteiger partial charge in [0.1, 0.15) is 0 Å². The third kappa shape index (κ3) is 7.00. The van der Waals surface area contributed by atoms with Crippen molar-refractivity contribution < 1.29 is 4.79 Å². The van der Waals surface area contributed by atoms with Gasteiger partial charge in [-0.2, -0.15) is 0 Å². The first-order chi connectivity index (χ1) is 8.58. The van der Waals surface area contributed by atoms with E-state index in [9.17, 15) is 4.79 Å². The van der Waals surface area contributed by atoms with E-state index in [1.807, 2.05) is 0 Å². The Kier molecular flexibility index (Phi) is 7.33. The van der Waals surface area contributed by atoms with E-state index in [0.29, 0.717) is 24.5 Å². The molecule has 2 N–H and O–H groups in total. The first kappa shape index (κ1) is 15.5. The van der Waals surface area contributed by atoms with Gasteiger partial charge in [0.15, 0.2) is 0 Å². The lowest BCUT2D eigenvalue weighted by atomic mass is 10.1. The van der Waals surface area contributed by atoms with E-state index < -0.39 is 0 Å². The van der Waals surface area contributed by atoms with Gasteiger partial charge in [-0.3, -0.25) is 4.79 Å². The first-order valence-electron chi connectivity index (χ1n) is 7.60. The molecule has 3 heteroatoms. The predicted molar refractivity (Wildman–Crippen MR) is 76.6 cm³/mol. The molecule has 0 aromatic rings. The number of carbonyl (C=O) groups is 1. The van der Waals surface area contributed by atoms with E-state index in [-0.39, 0.29) is 5.91 Å². The molecule has 1 atom stereocenters. The van der Waals surface area contributed by atoms with Gasteiger partial charge in [0, 0.05) is 12.1 Å². The Hall–Kier alpha value is -0.570. The van der Waals surface area contributed by atoms with Crippen molar-refractivity contribution in [2.75, 3.05) is 6.54 Å². The molecular formula is C15H30N2O. The molecule has 3 nitrogen and oxygen atoms in total. The van der Waals surface area contributed by atoms with Gasteiger partial charge in [-0.25, -0.2) is 0 Å². The Morgan fingerprint density at radius 3 is 2.28 bits per heavy atom. The fourth-order valence-electron chi connectivity index (χ4n) is 2.76. The van der Waals surface area contributed by atoms with Gasteiger partial charge < -0.3 is 10.6 Å². The lowest BCUT2D eigenvalue weighted by molar-refractivity contribution is -0.121. The lowest BCUT2D eigenvalue weighted by Gasteiger charge is -2.19. The molecule has 0 aromatic carbocycles. The van der Waals surface area contributed by atoms with Gasteiger partial charge in [-0.15, -0.1) is 0 Å². The summed E-state index contributed by atoms with van der Waals surface area (Å²) in [5.41, 5.74) is 0. The Labute approximate surface area is 112 Å². The molecule has 0 aromatic heterocycles. The minimum atomic E-state index is 0.164. The zero-order chi connectivity index (χ0) is 13.4. The third-order valence-corrected chi connectivity index (χ3v) is 3.66. The topological polar surface area (TPSA) is 41.1 Å². The average molecular weight is 254 g/mol. The summed E-state index contributed by atoms with van der Waals surface area (Å²) in [6.45, 7) is 7.04. The van der Waals surface area contributed by atoms with Crippen LogP contribution in [0.5, 0.6) is 0 Å². The average Bonchev–Trinajstić information content (AvgIpc) is 2.54. The van der Waals surface area contributed by atoms with Crippen molar-refractivity contribution in [1.82, 2.24) is 10.6 Å². The maximum Gasteiger partial charge on any atom is 0.234 e. The van der Waals surface area contributed by atoms with Crippen LogP contribution in [0.4, 0.5) is 0 Å². The van der Waals surface area contributed by atoms with Gasteiger partial charge >= 0.3 is 0 Å². The van der Waals surface area contributed by atoms with Crippen molar-refractivity contribution >= 4 is 5.91 Å². The molecule has 0 aliphatic heterocycles. The van der Waals surface area contributed by atoms with Crippen LogP contribution in [0.15, 0.2) is 0 Å². The van der Waals surface area contributed by atoms with Crippen molar-refractivity contribution in [3.05, 3.63) is 0 Å². The number of rotatable bonds is 6. The van der Waals surface area contributed by atoms with E-state index in [1.54, 1.807) is 0 Å². The molecule has 1 aliphatic carbocycles. The van der Waals surface area contributed by atoms with Gasteiger partial charge in [0.25, 0.3) is 0 Å². The van der Waals surface area contributed by atoms with Crippen LogP contribution in [-0.2, 0) is 4.79 Å². The molecule has 1 unspecified atom stereocenters. The van der Waals surface area contributed by atoms with Crippen LogP contribution < -0.4 is 10.6 Å². The van der Waals surface area contributed by atoms with E-state index >= 15 is 0 Å². The minimum absolute atomic E-state index is 0.164. The molecule has 1 saturated carbocycles. The summed E-state index contributed by atoms with van der Waals surface area (Å²) in [6, 6.07) is 0.840. The highest BCUT2D eigenvalue weighted by Crippen LogP contribution is 2.16. The smallest absolute Gasteiger partial charge is 0.234 e. The van der Waals surface area contributed by atoms with E-state index in [0.717, 1.165) is 19.3 Å². The SMILES string of the molecule is CC(C)CC(C)NCC(=O)NC1CCCCCC1. The first-order valence-corrected chi connectivity index (χ1v) is 7.60. The van der Waals surface area contributed by atoms with Crippen LogP contribution in [-0.4, -0.2) is 24.5 Å². The van der Waals surface area contributed by atoms with Crippen molar-refractivity contribution in [3.8, 4) is 0 Å². The molecule has 0 spiro atoms. The standard InChI is InChI=1S/C15H30N2O/c1-12(2)10-13(3)16-11-15(18)17-14-8-6-4-5-7-9-14/h12-14,16H,4-11H2,1-3H3,(H,17,18). The molecular weight excluding hydrogens is 224 g/mol. The van der Waals surface area contributed by atoms with Crippen molar-refractivity contribution in [1.29, 1.82) is 0 Å². The van der Waals surface area contributed by atoms with Gasteiger partial charge in [-0.1, -0.05) is 39.5 Å². The Morgan fingerprint density at radius 2 is 1.72 bits per heavy atom. The molecule has 0 bridgehead atoms. The number of nitrogens with one attached hydrogen (secondary N) is 2. The minimum Gasteiger partial charge on any atom is -0.352 e. The second-order valence-electron chi connectivity index (χ2n) is 6.17. The number of amides is 1. The van der Waals surface area contributed by atoms with Crippen molar-refractivity contribution in [2.45, 2.75) is 77.8 Å².